The molecule has 0 unspecified atom stereocenters. The number of hydrogen-bond acceptors (Lipinski definition) is 9. The van der Waals surface area contributed by atoms with Crippen molar-refractivity contribution in [2.75, 3.05) is 11.1 Å². The number of primary sulfonamides is 1. The zero-order valence-electron chi connectivity index (χ0n) is 14.7. The molecule has 0 saturated heterocycles. The van der Waals surface area contributed by atoms with Crippen molar-refractivity contribution in [3.8, 4) is 0 Å². The van der Waals surface area contributed by atoms with Crippen LogP contribution in [0, 0.1) is 0 Å². The summed E-state index contributed by atoms with van der Waals surface area (Å²) in [5.74, 6) is -0.599. The van der Waals surface area contributed by atoms with Crippen LogP contribution in [0.25, 0.3) is 0 Å². The normalized spacial score (nSPS) is 11.1. The Bertz CT molecular complexity index is 1160. The minimum Gasteiger partial charge on any atom is -0.454 e. The highest BCUT2D eigenvalue weighted by atomic mass is 35.5. The Morgan fingerprint density at radius 2 is 1.83 bits per heavy atom. The second-order valence-electron chi connectivity index (χ2n) is 5.69. The van der Waals surface area contributed by atoms with Crippen molar-refractivity contribution in [3.05, 3.63) is 64.9 Å². The van der Waals surface area contributed by atoms with Crippen LogP contribution >= 0.6 is 11.6 Å². The van der Waals surface area contributed by atoms with E-state index in [0.717, 1.165) is 11.8 Å². The summed E-state index contributed by atoms with van der Waals surface area (Å²) in [7, 11) is -4.10. The van der Waals surface area contributed by atoms with E-state index >= 15 is 0 Å². The highest BCUT2D eigenvalue weighted by Gasteiger charge is 2.17. The molecule has 3 rings (SSSR count). The Morgan fingerprint density at radius 3 is 2.52 bits per heavy atom. The van der Waals surface area contributed by atoms with E-state index in [9.17, 15) is 13.2 Å². The molecule has 10 nitrogen and oxygen atoms in total. The van der Waals surface area contributed by atoms with E-state index in [1.807, 2.05) is 30.3 Å². The molecule has 0 radical (unpaired) electrons. The van der Waals surface area contributed by atoms with Crippen molar-refractivity contribution in [1.82, 2.24) is 15.0 Å². The second kappa shape index (κ2) is 8.39. The SMILES string of the molecule is Nc1nc(COC(=O)c2ccc(Cl)c(S(N)(=O)=O)c2)nc(Nc2ccccc2)n1. The summed E-state index contributed by atoms with van der Waals surface area (Å²) in [6, 6.07) is 12.7. The number of sulfonamides is 1. The number of nitrogens with two attached hydrogens (primary N) is 2. The van der Waals surface area contributed by atoms with Crippen LogP contribution in [-0.2, 0) is 21.4 Å². The number of aromatic nitrogens is 3. The first kappa shape index (κ1) is 20.5. The van der Waals surface area contributed by atoms with E-state index in [2.05, 4.69) is 20.3 Å². The van der Waals surface area contributed by atoms with Gasteiger partial charge in [0.05, 0.1) is 10.6 Å². The molecule has 0 saturated carbocycles. The van der Waals surface area contributed by atoms with Crippen molar-refractivity contribution >= 4 is 45.2 Å². The van der Waals surface area contributed by atoms with Crippen LogP contribution in [0.2, 0.25) is 5.02 Å². The quantitative estimate of drug-likeness (QED) is 0.491. The van der Waals surface area contributed by atoms with Crippen molar-refractivity contribution in [3.63, 3.8) is 0 Å². The summed E-state index contributed by atoms with van der Waals surface area (Å²) < 4.78 is 28.2. The zero-order chi connectivity index (χ0) is 21.0. The van der Waals surface area contributed by atoms with Crippen molar-refractivity contribution in [2.45, 2.75) is 11.5 Å². The van der Waals surface area contributed by atoms with Gasteiger partial charge in [-0.05, 0) is 30.3 Å². The van der Waals surface area contributed by atoms with Gasteiger partial charge >= 0.3 is 5.97 Å². The number of esters is 1. The van der Waals surface area contributed by atoms with E-state index in [0.29, 0.717) is 0 Å². The summed E-state index contributed by atoms with van der Waals surface area (Å²) in [5.41, 5.74) is 6.36. The Labute approximate surface area is 171 Å². The fourth-order valence-corrected chi connectivity index (χ4v) is 3.34. The summed E-state index contributed by atoms with van der Waals surface area (Å²) in [4.78, 5) is 23.9. The average molecular weight is 435 g/mol. The number of nitrogens with one attached hydrogen (secondary N) is 1. The van der Waals surface area contributed by atoms with Crippen LogP contribution < -0.4 is 16.2 Å². The smallest absolute Gasteiger partial charge is 0.338 e. The molecule has 0 amide bonds. The standard InChI is InChI=1S/C17H15ClN6O4S/c18-12-7-6-10(8-13(12)29(20,26)27)15(25)28-9-14-22-16(19)24-17(23-14)21-11-4-2-1-3-5-11/h1-8H,9H2,(H2,20,26,27)(H3,19,21,22,23,24). The Balaban J connectivity index is 1.74. The lowest BCUT2D eigenvalue weighted by atomic mass is 10.2. The van der Waals surface area contributed by atoms with Gasteiger partial charge in [0.25, 0.3) is 0 Å². The fraction of sp³-hybridized carbons (Fsp3) is 0.0588. The zero-order valence-corrected chi connectivity index (χ0v) is 16.3. The third-order valence-corrected chi connectivity index (χ3v) is 4.93. The van der Waals surface area contributed by atoms with Gasteiger partial charge in [0.2, 0.25) is 21.9 Å². The molecule has 12 heteroatoms. The molecule has 0 aliphatic carbocycles. The predicted molar refractivity (Wildman–Crippen MR) is 106 cm³/mol. The highest BCUT2D eigenvalue weighted by Crippen LogP contribution is 2.22. The molecule has 0 aliphatic heterocycles. The Kier molecular flexibility index (Phi) is 5.92. The monoisotopic (exact) mass is 434 g/mol. The third-order valence-electron chi connectivity index (χ3n) is 3.53. The lowest BCUT2D eigenvalue weighted by molar-refractivity contribution is 0.0462. The number of para-hydroxylation sites is 1. The summed E-state index contributed by atoms with van der Waals surface area (Å²) in [5, 5.41) is 7.93. The molecule has 0 atom stereocenters. The molecule has 1 aromatic heterocycles. The van der Waals surface area contributed by atoms with Crippen LogP contribution in [0.4, 0.5) is 17.6 Å². The van der Waals surface area contributed by atoms with E-state index in [1.165, 1.54) is 12.1 Å². The number of carbonyl (C=O) groups excluding carboxylic acids is 1. The predicted octanol–water partition coefficient (Wildman–Crippen LogP) is 1.86. The van der Waals surface area contributed by atoms with Crippen LogP contribution in [0.5, 0.6) is 0 Å². The van der Waals surface area contributed by atoms with Crippen molar-refractivity contribution < 1.29 is 17.9 Å². The average Bonchev–Trinajstić information content (AvgIpc) is 2.66. The van der Waals surface area contributed by atoms with Crippen LogP contribution in [0.3, 0.4) is 0 Å². The maximum absolute atomic E-state index is 12.3. The highest BCUT2D eigenvalue weighted by molar-refractivity contribution is 7.89. The van der Waals surface area contributed by atoms with Gasteiger partial charge in [0, 0.05) is 5.69 Å². The maximum atomic E-state index is 12.3. The minimum absolute atomic E-state index is 0.0527. The van der Waals surface area contributed by atoms with Gasteiger partial charge in [-0.25, -0.2) is 18.4 Å². The molecule has 0 bridgehead atoms. The third kappa shape index (κ3) is 5.38. The molecule has 0 aliphatic rings. The second-order valence-corrected chi connectivity index (χ2v) is 7.63. The fourth-order valence-electron chi connectivity index (χ4n) is 2.27. The molecule has 5 N–H and O–H groups in total. The van der Waals surface area contributed by atoms with Gasteiger partial charge in [-0.15, -0.1) is 0 Å². The summed E-state index contributed by atoms with van der Waals surface area (Å²) in [6.07, 6.45) is 0. The number of ether oxygens (including phenoxy) is 1. The summed E-state index contributed by atoms with van der Waals surface area (Å²) >= 11 is 5.80. The van der Waals surface area contributed by atoms with E-state index < -0.39 is 16.0 Å². The van der Waals surface area contributed by atoms with Crippen molar-refractivity contribution in [1.29, 1.82) is 0 Å². The molecule has 150 valence electrons. The first-order valence-corrected chi connectivity index (χ1v) is 9.97. The number of anilines is 3. The molecular formula is C17H15ClN6O4S. The lowest BCUT2D eigenvalue weighted by Crippen LogP contribution is -2.15. The van der Waals surface area contributed by atoms with Crippen LogP contribution in [0.1, 0.15) is 16.2 Å². The first-order valence-electron chi connectivity index (χ1n) is 8.04. The summed E-state index contributed by atoms with van der Waals surface area (Å²) in [6.45, 7) is -0.317. The topological polar surface area (TPSA) is 163 Å². The van der Waals surface area contributed by atoms with Gasteiger partial charge in [0.15, 0.2) is 12.4 Å². The Morgan fingerprint density at radius 1 is 1.10 bits per heavy atom. The number of nitrogens with zero attached hydrogens (tertiary/aromatic N) is 3. The minimum atomic E-state index is -4.10. The van der Waals surface area contributed by atoms with Crippen LogP contribution in [0.15, 0.2) is 53.4 Å². The molecule has 0 spiro atoms. The Hall–Kier alpha value is -3.28. The number of nitrogen functional groups attached to an aromatic ring is 1. The van der Waals surface area contributed by atoms with E-state index in [4.69, 9.17) is 27.2 Å². The van der Waals surface area contributed by atoms with Gasteiger partial charge in [-0.2, -0.15) is 15.0 Å². The molecular weight excluding hydrogens is 420 g/mol. The number of rotatable bonds is 6. The molecule has 29 heavy (non-hydrogen) atoms. The van der Waals surface area contributed by atoms with Gasteiger partial charge in [0.1, 0.15) is 4.90 Å². The van der Waals surface area contributed by atoms with E-state index in [-0.39, 0.29) is 39.8 Å². The molecule has 3 aromatic rings. The molecule has 1 heterocycles. The van der Waals surface area contributed by atoms with E-state index in [1.54, 1.807) is 0 Å². The molecule has 2 aromatic carbocycles. The molecule has 0 fully saturated rings. The number of carbonyl (C=O) groups is 1. The van der Waals surface area contributed by atoms with Gasteiger partial charge in [-0.1, -0.05) is 29.8 Å². The largest absolute Gasteiger partial charge is 0.454 e. The first-order chi connectivity index (χ1) is 13.7. The van der Waals surface area contributed by atoms with Crippen LogP contribution in [-0.4, -0.2) is 29.3 Å². The van der Waals surface area contributed by atoms with Crippen molar-refractivity contribution in [2.24, 2.45) is 5.14 Å². The van der Waals surface area contributed by atoms with Gasteiger partial charge in [-0.3, -0.25) is 0 Å². The number of halogens is 1. The number of benzene rings is 2. The lowest BCUT2D eigenvalue weighted by Gasteiger charge is -2.09. The van der Waals surface area contributed by atoms with Gasteiger partial charge < -0.3 is 15.8 Å². The number of hydrogen-bond donors (Lipinski definition) is 3. The maximum Gasteiger partial charge on any atom is 0.338 e.